The molecule has 2 atom stereocenters. The zero-order valence-electron chi connectivity index (χ0n) is 13.6. The zero-order valence-corrected chi connectivity index (χ0v) is 13.6. The van der Waals surface area contributed by atoms with Gasteiger partial charge < -0.3 is 9.84 Å². The number of fused-ring (bicyclic) bond motifs is 3. The van der Waals surface area contributed by atoms with Crippen LogP contribution in [0, 0.1) is 5.92 Å². The minimum Gasteiger partial charge on any atom is -0.508 e. The summed E-state index contributed by atoms with van der Waals surface area (Å²) in [4.78, 5) is 0. The zero-order chi connectivity index (χ0) is 15.2. The quantitative estimate of drug-likeness (QED) is 0.779. The summed E-state index contributed by atoms with van der Waals surface area (Å²) in [6, 6.07) is 4.08. The molecule has 21 heavy (non-hydrogen) atoms. The number of hydrogen-bond donors (Lipinski definition) is 1. The minimum atomic E-state index is -0.174. The standard InChI is InChI=1S/C19H26O2/c1-5-6-13-10-16(20)18-14-9-12(2)7-8-15(14)19(3,4)21-17(18)11-13/h7,10-11,14-15,20H,5-6,8-9H2,1-4H3/t14-,15-/m0/s1. The van der Waals surface area contributed by atoms with Crippen molar-refractivity contribution < 1.29 is 9.84 Å². The maximum atomic E-state index is 10.6. The van der Waals surface area contributed by atoms with Crippen LogP contribution < -0.4 is 4.74 Å². The van der Waals surface area contributed by atoms with Crippen LogP contribution in [-0.2, 0) is 6.42 Å². The number of benzene rings is 1. The second kappa shape index (κ2) is 5.08. The minimum absolute atomic E-state index is 0.174. The van der Waals surface area contributed by atoms with Crippen molar-refractivity contribution in [1.29, 1.82) is 0 Å². The summed E-state index contributed by atoms with van der Waals surface area (Å²) < 4.78 is 6.30. The molecule has 1 aliphatic heterocycles. The highest BCUT2D eigenvalue weighted by Crippen LogP contribution is 2.54. The van der Waals surface area contributed by atoms with Gasteiger partial charge in [-0.25, -0.2) is 0 Å². The van der Waals surface area contributed by atoms with Gasteiger partial charge in [-0.1, -0.05) is 25.0 Å². The Morgan fingerprint density at radius 3 is 2.81 bits per heavy atom. The summed E-state index contributed by atoms with van der Waals surface area (Å²) in [6.45, 7) is 8.73. The Morgan fingerprint density at radius 2 is 2.10 bits per heavy atom. The lowest BCUT2D eigenvalue weighted by Crippen LogP contribution is -2.45. The highest BCUT2D eigenvalue weighted by Gasteiger charge is 2.45. The van der Waals surface area contributed by atoms with E-state index in [1.165, 1.54) is 11.1 Å². The maximum Gasteiger partial charge on any atom is 0.127 e. The lowest BCUT2D eigenvalue weighted by atomic mass is 9.67. The van der Waals surface area contributed by atoms with E-state index in [9.17, 15) is 5.11 Å². The van der Waals surface area contributed by atoms with E-state index in [4.69, 9.17) is 4.74 Å². The molecule has 1 aromatic carbocycles. The van der Waals surface area contributed by atoms with Crippen LogP contribution in [0.2, 0.25) is 0 Å². The molecule has 0 saturated carbocycles. The van der Waals surface area contributed by atoms with Gasteiger partial charge in [-0.05, 0) is 57.7 Å². The first-order chi connectivity index (χ1) is 9.92. The number of hydrogen-bond acceptors (Lipinski definition) is 2. The van der Waals surface area contributed by atoms with E-state index in [0.29, 0.717) is 17.6 Å². The summed E-state index contributed by atoms with van der Waals surface area (Å²) in [6.07, 6.45) is 6.47. The Kier molecular flexibility index (Phi) is 3.51. The first kappa shape index (κ1) is 14.5. The molecule has 2 aliphatic rings. The summed E-state index contributed by atoms with van der Waals surface area (Å²) in [5.41, 5.74) is 3.46. The Morgan fingerprint density at radius 1 is 1.33 bits per heavy atom. The van der Waals surface area contributed by atoms with E-state index in [-0.39, 0.29) is 5.60 Å². The molecule has 114 valence electrons. The molecule has 1 N–H and O–H groups in total. The van der Waals surface area contributed by atoms with Crippen molar-refractivity contribution in [3.8, 4) is 11.5 Å². The monoisotopic (exact) mass is 286 g/mol. The molecule has 0 bridgehead atoms. The maximum absolute atomic E-state index is 10.6. The Labute approximate surface area is 127 Å². The van der Waals surface area contributed by atoms with E-state index >= 15 is 0 Å². The second-order valence-corrected chi connectivity index (χ2v) is 7.19. The van der Waals surface area contributed by atoms with Gasteiger partial charge in [-0.3, -0.25) is 0 Å². The average molecular weight is 286 g/mol. The van der Waals surface area contributed by atoms with Gasteiger partial charge in [-0.15, -0.1) is 0 Å². The molecular weight excluding hydrogens is 260 g/mol. The fourth-order valence-electron chi connectivity index (χ4n) is 4.05. The van der Waals surface area contributed by atoms with Crippen molar-refractivity contribution in [2.75, 3.05) is 0 Å². The second-order valence-electron chi connectivity index (χ2n) is 7.19. The molecule has 0 spiro atoms. The molecule has 0 fully saturated rings. The van der Waals surface area contributed by atoms with Crippen LogP contribution in [0.4, 0.5) is 0 Å². The van der Waals surface area contributed by atoms with Gasteiger partial charge in [0.25, 0.3) is 0 Å². The Balaban J connectivity index is 2.10. The van der Waals surface area contributed by atoms with Crippen molar-refractivity contribution in [2.45, 2.75) is 64.9 Å². The molecule has 1 aliphatic carbocycles. The molecule has 2 heteroatoms. The van der Waals surface area contributed by atoms with Gasteiger partial charge in [0.2, 0.25) is 0 Å². The molecule has 0 saturated heterocycles. The molecule has 2 nitrogen and oxygen atoms in total. The molecule has 0 amide bonds. The predicted octanol–water partition coefficient (Wildman–Crippen LogP) is 4.96. The van der Waals surface area contributed by atoms with Gasteiger partial charge in [-0.2, -0.15) is 0 Å². The first-order valence-corrected chi connectivity index (χ1v) is 8.12. The number of phenols is 1. The number of ether oxygens (including phenoxy) is 1. The van der Waals surface area contributed by atoms with Gasteiger partial charge >= 0.3 is 0 Å². The third-order valence-electron chi connectivity index (χ3n) is 5.10. The molecule has 3 rings (SSSR count). The molecule has 1 heterocycles. The van der Waals surface area contributed by atoms with Gasteiger partial charge in [0.1, 0.15) is 17.1 Å². The van der Waals surface area contributed by atoms with E-state index in [1.807, 2.05) is 6.07 Å². The number of phenolic OH excluding ortho intramolecular Hbond substituents is 1. The number of rotatable bonds is 2. The number of aromatic hydroxyl groups is 1. The fourth-order valence-corrected chi connectivity index (χ4v) is 4.05. The summed E-state index contributed by atoms with van der Waals surface area (Å²) in [7, 11) is 0. The van der Waals surface area contributed by atoms with Gasteiger partial charge in [0.05, 0.1) is 0 Å². The molecule has 0 unspecified atom stereocenters. The molecule has 0 radical (unpaired) electrons. The summed E-state index contributed by atoms with van der Waals surface area (Å²) >= 11 is 0. The molecule has 1 aromatic rings. The van der Waals surface area contributed by atoms with Crippen LogP contribution in [0.5, 0.6) is 11.5 Å². The summed E-state index contributed by atoms with van der Waals surface area (Å²) in [5.74, 6) is 2.15. The smallest absolute Gasteiger partial charge is 0.127 e. The van der Waals surface area contributed by atoms with Crippen molar-refractivity contribution in [2.24, 2.45) is 5.92 Å². The van der Waals surface area contributed by atoms with Crippen LogP contribution >= 0.6 is 0 Å². The Hall–Kier alpha value is -1.44. The van der Waals surface area contributed by atoms with E-state index < -0.39 is 0 Å². The highest BCUT2D eigenvalue weighted by molar-refractivity contribution is 5.52. The molecule has 0 aromatic heterocycles. The van der Waals surface area contributed by atoms with Crippen LogP contribution in [-0.4, -0.2) is 10.7 Å². The van der Waals surface area contributed by atoms with E-state index in [1.54, 1.807) is 0 Å². The topological polar surface area (TPSA) is 29.5 Å². The van der Waals surface area contributed by atoms with Gasteiger partial charge in [0, 0.05) is 17.4 Å². The highest BCUT2D eigenvalue weighted by atomic mass is 16.5. The van der Waals surface area contributed by atoms with E-state index in [0.717, 1.165) is 37.0 Å². The van der Waals surface area contributed by atoms with Crippen LogP contribution in [0.1, 0.15) is 64.0 Å². The SMILES string of the molecule is CCCc1cc(O)c2c(c1)OC(C)(C)[C@H]1CC=C(C)C[C@H]21. The van der Waals surface area contributed by atoms with Crippen molar-refractivity contribution in [1.82, 2.24) is 0 Å². The lowest BCUT2D eigenvalue weighted by molar-refractivity contribution is 0.00753. The van der Waals surface area contributed by atoms with Crippen molar-refractivity contribution in [3.05, 3.63) is 34.9 Å². The lowest BCUT2D eigenvalue weighted by Gasteiger charge is -2.47. The Bertz CT molecular complexity index is 583. The van der Waals surface area contributed by atoms with Crippen LogP contribution in [0.3, 0.4) is 0 Å². The average Bonchev–Trinajstić information content (AvgIpc) is 2.37. The van der Waals surface area contributed by atoms with Crippen LogP contribution in [0.15, 0.2) is 23.8 Å². The third kappa shape index (κ3) is 2.45. The largest absolute Gasteiger partial charge is 0.508 e. The van der Waals surface area contributed by atoms with Crippen molar-refractivity contribution in [3.63, 3.8) is 0 Å². The predicted molar refractivity (Wildman–Crippen MR) is 86.0 cm³/mol. The summed E-state index contributed by atoms with van der Waals surface area (Å²) in [5, 5.41) is 10.6. The van der Waals surface area contributed by atoms with Crippen molar-refractivity contribution >= 4 is 0 Å². The normalized spacial score (nSPS) is 26.4. The fraction of sp³-hybridized carbons (Fsp3) is 0.579. The van der Waals surface area contributed by atoms with Crippen LogP contribution in [0.25, 0.3) is 0 Å². The number of aryl methyl sites for hydroxylation is 1. The third-order valence-corrected chi connectivity index (χ3v) is 5.10. The van der Waals surface area contributed by atoms with Gasteiger partial charge in [0.15, 0.2) is 0 Å². The van der Waals surface area contributed by atoms with E-state index in [2.05, 4.69) is 39.8 Å². The molecular formula is C19H26O2. The first-order valence-electron chi connectivity index (χ1n) is 8.12. The number of allylic oxidation sites excluding steroid dienone is 2.